The van der Waals surface area contributed by atoms with Gasteiger partial charge in [-0.1, -0.05) is 104 Å². The molecule has 42 heavy (non-hydrogen) atoms. The number of rotatable bonds is 2. The highest BCUT2D eigenvalue weighted by molar-refractivity contribution is 6.33. The molecule has 1 aliphatic carbocycles. The Bertz CT molecular complexity index is 2220. The second-order valence-corrected chi connectivity index (χ2v) is 14.8. The summed E-state index contributed by atoms with van der Waals surface area (Å²) in [4.78, 5) is 0. The average molecular weight is 549 g/mol. The topological polar surface area (TPSA) is 13.1 Å². The standard InChI is InChI=1S/C41H40O/c1-9-41(10-2)32-17-13-25(39(3,4)5)21-29(32)30-19-23-11-12-24-20-34-37(27-15-16-28(38(30)41)36(23)35(24)27)31-22-26(40(6,7)8)14-18-33(31)42-34/h11-22H,9-10H2,1-8H3. The van der Waals surface area contributed by atoms with Crippen molar-refractivity contribution in [3.8, 4) is 11.1 Å². The maximum atomic E-state index is 6.49. The van der Waals surface area contributed by atoms with Crippen LogP contribution in [-0.4, -0.2) is 0 Å². The minimum Gasteiger partial charge on any atom is -0.456 e. The van der Waals surface area contributed by atoms with E-state index in [1.165, 1.54) is 76.5 Å². The molecule has 0 atom stereocenters. The number of benzene rings is 6. The van der Waals surface area contributed by atoms with Crippen LogP contribution in [0.25, 0.3) is 65.4 Å². The van der Waals surface area contributed by atoms with Crippen LogP contribution in [0.2, 0.25) is 0 Å². The Morgan fingerprint density at radius 2 is 1.17 bits per heavy atom. The zero-order chi connectivity index (χ0) is 29.3. The van der Waals surface area contributed by atoms with E-state index in [-0.39, 0.29) is 16.2 Å². The van der Waals surface area contributed by atoms with Crippen LogP contribution in [0.3, 0.4) is 0 Å². The van der Waals surface area contributed by atoms with E-state index in [0.29, 0.717) is 0 Å². The molecule has 0 bridgehead atoms. The van der Waals surface area contributed by atoms with Gasteiger partial charge in [-0.3, -0.25) is 0 Å². The van der Waals surface area contributed by atoms with Crippen LogP contribution in [0.5, 0.6) is 0 Å². The average Bonchev–Trinajstić information content (AvgIpc) is 3.46. The van der Waals surface area contributed by atoms with Gasteiger partial charge in [0.2, 0.25) is 0 Å². The Morgan fingerprint density at radius 1 is 0.548 bits per heavy atom. The van der Waals surface area contributed by atoms with Gasteiger partial charge in [0, 0.05) is 16.2 Å². The molecule has 7 aromatic rings. The largest absolute Gasteiger partial charge is 0.456 e. The van der Waals surface area contributed by atoms with Gasteiger partial charge in [0.15, 0.2) is 0 Å². The van der Waals surface area contributed by atoms with Crippen molar-refractivity contribution in [3.05, 3.63) is 95.1 Å². The summed E-state index contributed by atoms with van der Waals surface area (Å²) in [6.45, 7) is 18.6. The first-order valence-electron chi connectivity index (χ1n) is 15.7. The molecular formula is C41H40O. The van der Waals surface area contributed by atoms with Crippen molar-refractivity contribution < 1.29 is 4.42 Å². The van der Waals surface area contributed by atoms with Crippen molar-refractivity contribution in [2.75, 3.05) is 0 Å². The summed E-state index contributed by atoms with van der Waals surface area (Å²) < 4.78 is 6.49. The highest BCUT2D eigenvalue weighted by Crippen LogP contribution is 2.57. The van der Waals surface area contributed by atoms with E-state index < -0.39 is 0 Å². The van der Waals surface area contributed by atoms with E-state index in [2.05, 4.69) is 128 Å². The van der Waals surface area contributed by atoms with Crippen LogP contribution in [0, 0.1) is 0 Å². The van der Waals surface area contributed by atoms with Gasteiger partial charge in [-0.25, -0.2) is 0 Å². The number of hydrogen-bond acceptors (Lipinski definition) is 1. The predicted octanol–water partition coefficient (Wildman–Crippen LogP) is 12.2. The zero-order valence-corrected chi connectivity index (χ0v) is 26.3. The van der Waals surface area contributed by atoms with Crippen molar-refractivity contribution in [1.82, 2.24) is 0 Å². The minimum atomic E-state index is 0.0165. The van der Waals surface area contributed by atoms with Crippen molar-refractivity contribution in [1.29, 1.82) is 0 Å². The highest BCUT2D eigenvalue weighted by Gasteiger charge is 2.42. The molecule has 6 aromatic carbocycles. The van der Waals surface area contributed by atoms with Gasteiger partial charge in [0.1, 0.15) is 11.2 Å². The second kappa shape index (κ2) is 8.16. The molecule has 0 aliphatic heterocycles. The number of hydrogen-bond donors (Lipinski definition) is 0. The van der Waals surface area contributed by atoms with E-state index in [0.717, 1.165) is 24.0 Å². The molecule has 8 rings (SSSR count). The Labute approximate surface area is 248 Å². The molecule has 1 aromatic heterocycles. The van der Waals surface area contributed by atoms with Gasteiger partial charge in [-0.05, 0) is 114 Å². The molecule has 210 valence electrons. The summed E-state index contributed by atoms with van der Waals surface area (Å²) >= 11 is 0. The predicted molar refractivity (Wildman–Crippen MR) is 182 cm³/mol. The SMILES string of the molecule is CCC1(CC)c2ccc(C(C)(C)C)cc2-c2cc3ccc4cc5oc6ccc(C(C)(C)C)cc6c5c5ccc(c21)c3c45. The van der Waals surface area contributed by atoms with Crippen molar-refractivity contribution in [2.45, 2.75) is 84.5 Å². The van der Waals surface area contributed by atoms with Crippen LogP contribution in [0.1, 0.15) is 90.5 Å². The molecule has 0 saturated carbocycles. The van der Waals surface area contributed by atoms with Gasteiger partial charge >= 0.3 is 0 Å². The van der Waals surface area contributed by atoms with Gasteiger partial charge in [-0.15, -0.1) is 0 Å². The first-order chi connectivity index (χ1) is 20.0. The monoisotopic (exact) mass is 548 g/mol. The minimum absolute atomic E-state index is 0.0165. The van der Waals surface area contributed by atoms with E-state index in [9.17, 15) is 0 Å². The first-order valence-corrected chi connectivity index (χ1v) is 15.7. The lowest BCUT2D eigenvalue weighted by atomic mass is 9.71. The third-order valence-electron chi connectivity index (χ3n) is 10.6. The van der Waals surface area contributed by atoms with E-state index >= 15 is 0 Å². The second-order valence-electron chi connectivity index (χ2n) is 14.8. The Morgan fingerprint density at radius 3 is 1.86 bits per heavy atom. The third kappa shape index (κ3) is 3.20. The summed E-state index contributed by atoms with van der Waals surface area (Å²) in [6, 6.07) is 28.3. The van der Waals surface area contributed by atoms with Gasteiger partial charge in [0.25, 0.3) is 0 Å². The van der Waals surface area contributed by atoms with Crippen molar-refractivity contribution >= 4 is 54.3 Å². The maximum absolute atomic E-state index is 6.49. The number of furan rings is 1. The quantitative estimate of drug-likeness (QED) is 0.196. The van der Waals surface area contributed by atoms with Crippen LogP contribution in [0.15, 0.2) is 77.2 Å². The van der Waals surface area contributed by atoms with Gasteiger partial charge in [0.05, 0.1) is 0 Å². The molecule has 0 fully saturated rings. The molecule has 1 nitrogen and oxygen atoms in total. The summed E-state index contributed by atoms with van der Waals surface area (Å²) in [6.07, 6.45) is 2.18. The van der Waals surface area contributed by atoms with E-state index in [1.807, 2.05) is 0 Å². The van der Waals surface area contributed by atoms with Gasteiger partial charge < -0.3 is 4.42 Å². The molecule has 0 unspecified atom stereocenters. The normalized spacial score (nSPS) is 15.0. The van der Waals surface area contributed by atoms with E-state index in [4.69, 9.17) is 4.42 Å². The maximum Gasteiger partial charge on any atom is 0.136 e. The fourth-order valence-electron chi connectivity index (χ4n) is 8.18. The fourth-order valence-corrected chi connectivity index (χ4v) is 8.18. The lowest BCUT2D eigenvalue weighted by Crippen LogP contribution is -2.23. The fraction of sp³-hybridized carbons (Fsp3) is 0.317. The Kier molecular flexibility index (Phi) is 5.02. The van der Waals surface area contributed by atoms with Crippen molar-refractivity contribution in [3.63, 3.8) is 0 Å². The first kappa shape index (κ1) is 25.8. The molecule has 0 spiro atoms. The molecule has 0 saturated heterocycles. The lowest BCUT2D eigenvalue weighted by Gasteiger charge is -2.31. The summed E-state index contributed by atoms with van der Waals surface area (Å²) in [5, 5.41) is 10.6. The summed E-state index contributed by atoms with van der Waals surface area (Å²) in [7, 11) is 0. The van der Waals surface area contributed by atoms with Gasteiger partial charge in [-0.2, -0.15) is 0 Å². The van der Waals surface area contributed by atoms with Crippen LogP contribution < -0.4 is 0 Å². The molecule has 1 heterocycles. The summed E-state index contributed by atoms with van der Waals surface area (Å²) in [5.74, 6) is 0. The lowest BCUT2D eigenvalue weighted by molar-refractivity contribution is 0.493. The Balaban J connectivity index is 1.52. The smallest absolute Gasteiger partial charge is 0.136 e. The highest BCUT2D eigenvalue weighted by atomic mass is 16.3. The van der Waals surface area contributed by atoms with Crippen LogP contribution >= 0.6 is 0 Å². The zero-order valence-electron chi connectivity index (χ0n) is 26.3. The van der Waals surface area contributed by atoms with E-state index in [1.54, 1.807) is 0 Å². The molecule has 0 radical (unpaired) electrons. The molecule has 0 amide bonds. The van der Waals surface area contributed by atoms with Crippen LogP contribution in [-0.2, 0) is 16.2 Å². The molecular weight excluding hydrogens is 508 g/mol. The van der Waals surface area contributed by atoms with Crippen molar-refractivity contribution in [2.24, 2.45) is 0 Å². The Hall–Kier alpha value is -3.84. The summed E-state index contributed by atoms with van der Waals surface area (Å²) in [5.41, 5.74) is 10.8. The molecule has 0 N–H and O–H groups in total. The van der Waals surface area contributed by atoms with Crippen LogP contribution in [0.4, 0.5) is 0 Å². The number of fused-ring (bicyclic) bond motifs is 8. The molecule has 1 heteroatoms. The molecule has 1 aliphatic rings. The third-order valence-corrected chi connectivity index (χ3v) is 10.6.